The van der Waals surface area contributed by atoms with Gasteiger partial charge in [-0.15, -0.1) is 0 Å². The van der Waals surface area contributed by atoms with Crippen LogP contribution in [0.25, 0.3) is 22.5 Å². The molecule has 7 heteroatoms. The van der Waals surface area contributed by atoms with Crippen LogP contribution in [-0.4, -0.2) is 22.0 Å². The van der Waals surface area contributed by atoms with E-state index >= 15 is 4.39 Å². The summed E-state index contributed by atoms with van der Waals surface area (Å²) in [5.74, 6) is -0.612. The summed E-state index contributed by atoms with van der Waals surface area (Å²) in [5.41, 5.74) is 7.06. The smallest absolute Gasteiger partial charge is 0.325 e. The third kappa shape index (κ3) is 5.37. The van der Waals surface area contributed by atoms with Crippen LogP contribution in [0.4, 0.5) is 10.1 Å². The summed E-state index contributed by atoms with van der Waals surface area (Å²) >= 11 is 0. The van der Waals surface area contributed by atoms with Gasteiger partial charge in [-0.25, -0.2) is 9.18 Å². The first-order chi connectivity index (χ1) is 18.4. The molecule has 38 heavy (non-hydrogen) atoms. The lowest BCUT2D eigenvalue weighted by Gasteiger charge is -2.32. The SMILES string of the molecule is CCCCC1=NC(C)N(c2cccc(C)c2)C=C1Cc1ccc(-c2ccccc2-c2noc(=O)[nH]2)cc1F. The van der Waals surface area contributed by atoms with Crippen LogP contribution in [0.15, 0.2) is 92.8 Å². The van der Waals surface area contributed by atoms with Gasteiger partial charge >= 0.3 is 5.76 Å². The number of unbranched alkanes of at least 4 members (excludes halogenated alkanes) is 1. The van der Waals surface area contributed by atoms with E-state index in [1.54, 1.807) is 6.07 Å². The minimum Gasteiger partial charge on any atom is -0.325 e. The molecule has 1 N–H and O–H groups in total. The Labute approximate surface area is 221 Å². The van der Waals surface area contributed by atoms with Crippen molar-refractivity contribution in [1.29, 1.82) is 0 Å². The fraction of sp³-hybridized carbons (Fsp3) is 0.258. The molecule has 6 nitrogen and oxygen atoms in total. The zero-order chi connectivity index (χ0) is 26.6. The molecule has 0 amide bonds. The Morgan fingerprint density at radius 2 is 1.87 bits per heavy atom. The zero-order valence-corrected chi connectivity index (χ0v) is 21.9. The average molecular weight is 511 g/mol. The van der Waals surface area contributed by atoms with Gasteiger partial charge in [0.15, 0.2) is 5.82 Å². The number of nitrogens with zero attached hydrogens (tertiary/aromatic N) is 3. The standard InChI is InChI=1S/C31H31FN4O2/c1-4-5-13-29-24(19-36(21(3)33-29)25-10-8-9-20(2)16-25)17-23-15-14-22(18-28(23)32)26-11-6-7-12-27(26)30-34-31(37)38-35-30/h6-12,14-16,18-19,21H,4-5,13,17H2,1-3H3,(H,34,35,37). The second-order valence-corrected chi connectivity index (χ2v) is 9.68. The first-order valence-corrected chi connectivity index (χ1v) is 13.0. The third-order valence-corrected chi connectivity index (χ3v) is 6.85. The van der Waals surface area contributed by atoms with Crippen LogP contribution in [-0.2, 0) is 6.42 Å². The van der Waals surface area contributed by atoms with Crippen LogP contribution < -0.4 is 10.7 Å². The molecule has 0 bridgehead atoms. The minimum atomic E-state index is -0.633. The van der Waals surface area contributed by atoms with E-state index in [0.29, 0.717) is 28.9 Å². The summed E-state index contributed by atoms with van der Waals surface area (Å²) in [6.45, 7) is 6.34. The van der Waals surface area contributed by atoms with Crippen LogP contribution >= 0.6 is 0 Å². The second kappa shape index (κ2) is 11.0. The molecule has 0 radical (unpaired) electrons. The molecule has 1 atom stereocenters. The molecule has 2 heterocycles. The quantitative estimate of drug-likeness (QED) is 0.275. The highest BCUT2D eigenvalue weighted by molar-refractivity contribution is 6.02. The van der Waals surface area contributed by atoms with Gasteiger partial charge in [0.05, 0.1) is 0 Å². The predicted octanol–water partition coefficient (Wildman–Crippen LogP) is 7.07. The number of aromatic nitrogens is 2. The van der Waals surface area contributed by atoms with Gasteiger partial charge in [0.1, 0.15) is 12.0 Å². The lowest BCUT2D eigenvalue weighted by molar-refractivity contribution is 0.388. The number of hydrogen-bond donors (Lipinski definition) is 1. The van der Waals surface area contributed by atoms with E-state index in [1.807, 2.05) is 42.5 Å². The van der Waals surface area contributed by atoms with Crippen molar-refractivity contribution in [2.75, 3.05) is 4.90 Å². The molecule has 1 aliphatic rings. The Morgan fingerprint density at radius 1 is 1.05 bits per heavy atom. The number of anilines is 1. The van der Waals surface area contributed by atoms with Crippen LogP contribution in [0.3, 0.4) is 0 Å². The molecule has 0 fully saturated rings. The van der Waals surface area contributed by atoms with Crippen LogP contribution in [0.5, 0.6) is 0 Å². The third-order valence-electron chi connectivity index (χ3n) is 6.85. The average Bonchev–Trinajstić information content (AvgIpc) is 3.35. The monoisotopic (exact) mass is 510 g/mol. The van der Waals surface area contributed by atoms with Gasteiger partial charge in [0.25, 0.3) is 0 Å². The summed E-state index contributed by atoms with van der Waals surface area (Å²) in [7, 11) is 0. The van der Waals surface area contributed by atoms with Crippen molar-refractivity contribution >= 4 is 11.4 Å². The van der Waals surface area contributed by atoms with Crippen LogP contribution in [0.2, 0.25) is 0 Å². The number of aromatic amines is 1. The maximum Gasteiger partial charge on any atom is 0.439 e. The van der Waals surface area contributed by atoms with Crippen molar-refractivity contribution in [1.82, 2.24) is 10.1 Å². The Balaban J connectivity index is 1.47. The Kier molecular flexibility index (Phi) is 7.36. The molecule has 0 saturated heterocycles. The lowest BCUT2D eigenvalue weighted by atomic mass is 9.93. The number of allylic oxidation sites excluding steroid dienone is 1. The number of rotatable bonds is 8. The molecule has 0 aliphatic carbocycles. The van der Waals surface area contributed by atoms with E-state index in [1.165, 1.54) is 5.56 Å². The zero-order valence-electron chi connectivity index (χ0n) is 21.9. The molecular formula is C31H31FN4O2. The molecule has 1 aromatic heterocycles. The molecule has 1 unspecified atom stereocenters. The Hall–Kier alpha value is -4.26. The van der Waals surface area contributed by atoms with E-state index in [0.717, 1.165) is 41.8 Å². The van der Waals surface area contributed by atoms with Crippen molar-refractivity contribution in [3.63, 3.8) is 0 Å². The summed E-state index contributed by atoms with van der Waals surface area (Å²) in [6, 6.07) is 21.0. The highest BCUT2D eigenvalue weighted by atomic mass is 19.1. The number of H-pyrrole nitrogens is 1. The molecule has 0 saturated carbocycles. The lowest BCUT2D eigenvalue weighted by Crippen LogP contribution is -2.33. The highest BCUT2D eigenvalue weighted by Crippen LogP contribution is 2.32. The van der Waals surface area contributed by atoms with Crippen LogP contribution in [0.1, 0.15) is 44.2 Å². The van der Waals surface area contributed by atoms with Gasteiger partial charge in [-0.05, 0) is 72.7 Å². The normalized spacial score (nSPS) is 15.4. The molecule has 4 aromatic rings. The number of benzene rings is 3. The fourth-order valence-corrected chi connectivity index (χ4v) is 4.87. The number of aryl methyl sites for hydroxylation is 1. The molecule has 194 valence electrons. The molecule has 1 aliphatic heterocycles. The summed E-state index contributed by atoms with van der Waals surface area (Å²) in [4.78, 5) is 21.3. The van der Waals surface area contributed by atoms with Gasteiger partial charge in [-0.2, -0.15) is 0 Å². The van der Waals surface area contributed by atoms with E-state index in [2.05, 4.69) is 64.7 Å². The summed E-state index contributed by atoms with van der Waals surface area (Å²) < 4.78 is 20.3. The maximum absolute atomic E-state index is 15.6. The second-order valence-electron chi connectivity index (χ2n) is 9.68. The molecule has 0 spiro atoms. The van der Waals surface area contributed by atoms with E-state index in [-0.39, 0.29) is 12.0 Å². The predicted molar refractivity (Wildman–Crippen MR) is 150 cm³/mol. The van der Waals surface area contributed by atoms with Gasteiger partial charge in [-0.1, -0.05) is 67.0 Å². The van der Waals surface area contributed by atoms with Crippen molar-refractivity contribution in [3.05, 3.63) is 106 Å². The van der Waals surface area contributed by atoms with Gasteiger partial charge in [0, 0.05) is 29.6 Å². The Bertz CT molecular complexity index is 1570. The largest absolute Gasteiger partial charge is 0.439 e. The number of hydrogen-bond acceptors (Lipinski definition) is 5. The van der Waals surface area contributed by atoms with E-state index in [9.17, 15) is 4.79 Å². The fourth-order valence-electron chi connectivity index (χ4n) is 4.87. The van der Waals surface area contributed by atoms with Crippen molar-refractivity contribution in [2.24, 2.45) is 4.99 Å². The topological polar surface area (TPSA) is 74.5 Å². The highest BCUT2D eigenvalue weighted by Gasteiger charge is 2.23. The molecular weight excluding hydrogens is 479 g/mol. The first kappa shape index (κ1) is 25.4. The summed E-state index contributed by atoms with van der Waals surface area (Å²) in [6.07, 6.45) is 5.54. The van der Waals surface area contributed by atoms with Crippen molar-refractivity contribution < 1.29 is 8.91 Å². The summed E-state index contributed by atoms with van der Waals surface area (Å²) in [5, 5.41) is 3.80. The van der Waals surface area contributed by atoms with E-state index < -0.39 is 5.76 Å². The van der Waals surface area contributed by atoms with Gasteiger partial charge in [-0.3, -0.25) is 14.5 Å². The van der Waals surface area contributed by atoms with Gasteiger partial charge < -0.3 is 4.90 Å². The Morgan fingerprint density at radius 3 is 2.58 bits per heavy atom. The molecule has 3 aromatic carbocycles. The minimum absolute atomic E-state index is 0.0286. The van der Waals surface area contributed by atoms with E-state index in [4.69, 9.17) is 4.99 Å². The molecule has 5 rings (SSSR count). The van der Waals surface area contributed by atoms with Crippen molar-refractivity contribution in [2.45, 2.75) is 52.6 Å². The maximum atomic E-state index is 15.6. The van der Waals surface area contributed by atoms with Crippen LogP contribution in [0, 0.1) is 12.7 Å². The number of halogens is 1. The number of nitrogens with one attached hydrogen (secondary N) is 1. The van der Waals surface area contributed by atoms with Gasteiger partial charge in [0.2, 0.25) is 0 Å². The number of aliphatic imine (C=N–C) groups is 1. The van der Waals surface area contributed by atoms with Crippen molar-refractivity contribution in [3.8, 4) is 22.5 Å². The first-order valence-electron chi connectivity index (χ1n) is 13.0.